The lowest BCUT2D eigenvalue weighted by Crippen LogP contribution is -2.35. The van der Waals surface area contributed by atoms with Crippen LogP contribution in [0.2, 0.25) is 0 Å². The summed E-state index contributed by atoms with van der Waals surface area (Å²) < 4.78 is 0. The van der Waals surface area contributed by atoms with Gasteiger partial charge in [-0.15, -0.1) is 0 Å². The second-order valence-corrected chi connectivity index (χ2v) is 5.55. The van der Waals surface area contributed by atoms with Gasteiger partial charge in [0.2, 0.25) is 0 Å². The number of carboxylic acid groups (broad SMARTS) is 1. The zero-order chi connectivity index (χ0) is 14.0. The van der Waals surface area contributed by atoms with Crippen molar-refractivity contribution >= 4 is 16.9 Å². The van der Waals surface area contributed by atoms with Gasteiger partial charge >= 0.3 is 5.97 Å². The topological polar surface area (TPSA) is 50.2 Å². The number of rotatable bonds is 4. The minimum absolute atomic E-state index is 0.0540. The third-order valence-corrected chi connectivity index (χ3v) is 3.97. The Morgan fingerprint density at radius 1 is 1.26 bits per heavy atom. The predicted octanol–water partition coefficient (Wildman–Crippen LogP) is 3.52. The molecule has 0 amide bonds. The highest BCUT2D eigenvalue weighted by Crippen LogP contribution is 2.31. The lowest BCUT2D eigenvalue weighted by atomic mass is 9.75. The first-order valence-electron chi connectivity index (χ1n) is 6.51. The van der Waals surface area contributed by atoms with E-state index in [1.807, 2.05) is 50.2 Å². The van der Waals surface area contributed by atoms with E-state index < -0.39 is 11.4 Å². The Hall–Kier alpha value is -1.90. The van der Waals surface area contributed by atoms with Gasteiger partial charge in [0, 0.05) is 17.5 Å². The zero-order valence-electron chi connectivity index (χ0n) is 11.6. The van der Waals surface area contributed by atoms with Gasteiger partial charge in [-0.25, -0.2) is 0 Å². The summed E-state index contributed by atoms with van der Waals surface area (Å²) in [5, 5.41) is 10.5. The van der Waals surface area contributed by atoms with E-state index in [0.29, 0.717) is 6.42 Å². The van der Waals surface area contributed by atoms with Crippen molar-refractivity contribution in [1.29, 1.82) is 0 Å². The Labute approximate surface area is 113 Å². The number of aliphatic carboxylic acids is 1. The number of aromatic nitrogens is 1. The molecule has 0 aliphatic rings. The molecule has 2 rings (SSSR count). The quantitative estimate of drug-likeness (QED) is 0.911. The van der Waals surface area contributed by atoms with Crippen molar-refractivity contribution in [3.8, 4) is 0 Å². The smallest absolute Gasteiger partial charge is 0.310 e. The summed E-state index contributed by atoms with van der Waals surface area (Å²) in [6, 6.07) is 11.8. The molecule has 1 N–H and O–H groups in total. The second kappa shape index (κ2) is 5.00. The second-order valence-electron chi connectivity index (χ2n) is 5.55. The fourth-order valence-electron chi connectivity index (χ4n) is 2.11. The van der Waals surface area contributed by atoms with Gasteiger partial charge in [-0.2, -0.15) is 0 Å². The van der Waals surface area contributed by atoms with Crippen LogP contribution in [-0.2, 0) is 11.2 Å². The first-order valence-corrected chi connectivity index (χ1v) is 6.51. The average molecular weight is 257 g/mol. The Balaban J connectivity index is 2.37. The van der Waals surface area contributed by atoms with Gasteiger partial charge in [-0.05, 0) is 25.0 Å². The van der Waals surface area contributed by atoms with E-state index in [9.17, 15) is 9.90 Å². The molecule has 2 aromatic rings. The lowest BCUT2D eigenvalue weighted by molar-refractivity contribution is -0.150. The minimum Gasteiger partial charge on any atom is -0.481 e. The van der Waals surface area contributed by atoms with Crippen molar-refractivity contribution in [1.82, 2.24) is 4.98 Å². The molecule has 1 heterocycles. The van der Waals surface area contributed by atoms with Crippen LogP contribution in [0.25, 0.3) is 10.9 Å². The summed E-state index contributed by atoms with van der Waals surface area (Å²) in [6.45, 7) is 5.67. The monoisotopic (exact) mass is 257 g/mol. The Morgan fingerprint density at radius 2 is 1.95 bits per heavy atom. The zero-order valence-corrected chi connectivity index (χ0v) is 11.6. The SMILES string of the molecule is CC(C)C(C)(Cc1ccc2ccccc2n1)C(=O)O. The van der Waals surface area contributed by atoms with Gasteiger partial charge in [0.15, 0.2) is 0 Å². The third-order valence-electron chi connectivity index (χ3n) is 3.97. The lowest BCUT2D eigenvalue weighted by Gasteiger charge is -2.28. The Morgan fingerprint density at radius 3 is 2.58 bits per heavy atom. The molecule has 0 saturated carbocycles. The van der Waals surface area contributed by atoms with E-state index in [4.69, 9.17) is 0 Å². The van der Waals surface area contributed by atoms with Gasteiger partial charge in [0.05, 0.1) is 10.9 Å². The largest absolute Gasteiger partial charge is 0.481 e. The van der Waals surface area contributed by atoms with E-state index in [2.05, 4.69) is 4.98 Å². The molecule has 0 aliphatic heterocycles. The van der Waals surface area contributed by atoms with Gasteiger partial charge in [0.25, 0.3) is 0 Å². The fourth-order valence-corrected chi connectivity index (χ4v) is 2.11. The molecule has 1 aromatic heterocycles. The maximum Gasteiger partial charge on any atom is 0.310 e. The maximum absolute atomic E-state index is 11.5. The van der Waals surface area contributed by atoms with Crippen LogP contribution in [0.3, 0.4) is 0 Å². The number of nitrogens with zero attached hydrogens (tertiary/aromatic N) is 1. The highest BCUT2D eigenvalue weighted by atomic mass is 16.4. The molecular weight excluding hydrogens is 238 g/mol. The van der Waals surface area contributed by atoms with Crippen LogP contribution in [0.1, 0.15) is 26.5 Å². The maximum atomic E-state index is 11.5. The molecule has 19 heavy (non-hydrogen) atoms. The molecule has 0 fully saturated rings. The normalized spacial score (nSPS) is 14.5. The first kappa shape index (κ1) is 13.5. The average Bonchev–Trinajstić information content (AvgIpc) is 2.38. The number of hydrogen-bond acceptors (Lipinski definition) is 2. The molecule has 3 nitrogen and oxygen atoms in total. The number of hydrogen-bond donors (Lipinski definition) is 1. The van der Waals surface area contributed by atoms with Crippen molar-refractivity contribution in [3.05, 3.63) is 42.1 Å². The number of carboxylic acids is 1. The summed E-state index contributed by atoms with van der Waals surface area (Å²) in [4.78, 5) is 16.1. The summed E-state index contributed by atoms with van der Waals surface area (Å²) in [6.07, 6.45) is 0.449. The van der Waals surface area contributed by atoms with Crippen LogP contribution in [-0.4, -0.2) is 16.1 Å². The van der Waals surface area contributed by atoms with Gasteiger partial charge < -0.3 is 5.11 Å². The molecule has 0 saturated heterocycles. The highest BCUT2D eigenvalue weighted by molar-refractivity contribution is 5.79. The van der Waals surface area contributed by atoms with Crippen molar-refractivity contribution < 1.29 is 9.90 Å². The molecular formula is C16H19NO2. The van der Waals surface area contributed by atoms with Crippen LogP contribution >= 0.6 is 0 Å². The number of pyridine rings is 1. The Bertz CT molecular complexity index is 606. The van der Waals surface area contributed by atoms with Crippen LogP contribution in [0, 0.1) is 11.3 Å². The molecule has 100 valence electrons. The number of para-hydroxylation sites is 1. The van der Waals surface area contributed by atoms with Crippen molar-refractivity contribution in [3.63, 3.8) is 0 Å². The van der Waals surface area contributed by atoms with Crippen molar-refractivity contribution in [2.24, 2.45) is 11.3 Å². The summed E-state index contributed by atoms with van der Waals surface area (Å²) in [5.41, 5.74) is 0.962. The molecule has 0 bridgehead atoms. The van der Waals surface area contributed by atoms with Gasteiger partial charge in [0.1, 0.15) is 0 Å². The first-order chi connectivity index (χ1) is 8.93. The Kier molecular flexibility index (Phi) is 3.56. The van der Waals surface area contributed by atoms with Crippen LogP contribution in [0.5, 0.6) is 0 Å². The summed E-state index contributed by atoms with van der Waals surface area (Å²) in [7, 11) is 0. The highest BCUT2D eigenvalue weighted by Gasteiger charge is 2.37. The molecule has 1 atom stereocenters. The standard InChI is InChI=1S/C16H19NO2/c1-11(2)16(3,15(18)19)10-13-9-8-12-6-4-5-7-14(12)17-13/h4-9,11H,10H2,1-3H3,(H,18,19). The van der Waals surface area contributed by atoms with Crippen molar-refractivity contribution in [2.75, 3.05) is 0 Å². The molecule has 1 unspecified atom stereocenters. The molecule has 0 aliphatic carbocycles. The van der Waals surface area contributed by atoms with Crippen molar-refractivity contribution in [2.45, 2.75) is 27.2 Å². The molecule has 3 heteroatoms. The van der Waals surface area contributed by atoms with E-state index >= 15 is 0 Å². The number of fused-ring (bicyclic) bond motifs is 1. The third kappa shape index (κ3) is 2.60. The van der Waals surface area contributed by atoms with Gasteiger partial charge in [-0.1, -0.05) is 38.1 Å². The molecule has 0 radical (unpaired) electrons. The van der Waals surface area contributed by atoms with E-state index in [-0.39, 0.29) is 5.92 Å². The minimum atomic E-state index is -0.782. The number of benzene rings is 1. The van der Waals surface area contributed by atoms with Gasteiger partial charge in [-0.3, -0.25) is 9.78 Å². The van der Waals surface area contributed by atoms with E-state index in [1.165, 1.54) is 0 Å². The number of carbonyl (C=O) groups is 1. The van der Waals surface area contributed by atoms with Crippen LogP contribution in [0.15, 0.2) is 36.4 Å². The van der Waals surface area contributed by atoms with E-state index in [1.54, 1.807) is 6.92 Å². The summed E-state index contributed by atoms with van der Waals surface area (Å²) >= 11 is 0. The molecule has 1 aromatic carbocycles. The van der Waals surface area contributed by atoms with E-state index in [0.717, 1.165) is 16.6 Å². The predicted molar refractivity (Wildman–Crippen MR) is 76.0 cm³/mol. The fraction of sp³-hybridized carbons (Fsp3) is 0.375. The summed E-state index contributed by atoms with van der Waals surface area (Å²) in [5.74, 6) is -0.712. The van der Waals surface area contributed by atoms with Crippen LogP contribution in [0.4, 0.5) is 0 Å². The van der Waals surface area contributed by atoms with Crippen LogP contribution < -0.4 is 0 Å². The molecule has 0 spiro atoms.